The van der Waals surface area contributed by atoms with E-state index >= 15 is 0 Å². The van der Waals surface area contributed by atoms with Crippen molar-refractivity contribution < 1.29 is 28.8 Å². The van der Waals surface area contributed by atoms with Gasteiger partial charge in [-0.05, 0) is 66.1 Å². The third-order valence-electron chi connectivity index (χ3n) is 8.00. The molecule has 2 atom stereocenters. The SMILES string of the molecule is COc1ccc(CCNNC(=O)[C@@]2(C/C=C/c3ccccc3)N=C(c3ccc(OCCCO)cc3)O[C@H]2c2ccc(Cl)cc2Cl)cc1OC. The molecule has 11 heteroatoms. The van der Waals surface area contributed by atoms with Gasteiger partial charge in [-0.25, -0.2) is 10.4 Å². The molecule has 1 heterocycles. The summed E-state index contributed by atoms with van der Waals surface area (Å²) in [5.41, 5.74) is 7.74. The lowest BCUT2D eigenvalue weighted by molar-refractivity contribution is -0.129. The second-order valence-corrected chi connectivity index (χ2v) is 12.1. The molecule has 256 valence electrons. The maximum atomic E-state index is 14.4. The van der Waals surface area contributed by atoms with Crippen molar-refractivity contribution in [1.82, 2.24) is 10.9 Å². The fourth-order valence-corrected chi connectivity index (χ4v) is 5.95. The first-order valence-electron chi connectivity index (χ1n) is 15.9. The first kappa shape index (κ1) is 35.8. The monoisotopic (exact) mass is 703 g/mol. The van der Waals surface area contributed by atoms with Gasteiger partial charge >= 0.3 is 0 Å². The highest BCUT2D eigenvalue weighted by Gasteiger charge is 2.53. The molecule has 1 amide bonds. The summed E-state index contributed by atoms with van der Waals surface area (Å²) in [6.45, 7) is 0.866. The summed E-state index contributed by atoms with van der Waals surface area (Å²) < 4.78 is 23.0. The highest BCUT2D eigenvalue weighted by Crippen LogP contribution is 2.45. The largest absolute Gasteiger partial charge is 0.494 e. The van der Waals surface area contributed by atoms with Crippen LogP contribution in [0.25, 0.3) is 6.08 Å². The fraction of sp³-hybridized carbons (Fsp3) is 0.263. The van der Waals surface area contributed by atoms with Crippen molar-refractivity contribution >= 4 is 41.1 Å². The van der Waals surface area contributed by atoms with Crippen LogP contribution in [-0.2, 0) is 16.0 Å². The molecule has 5 rings (SSSR count). The molecule has 3 N–H and O–H groups in total. The molecule has 0 aliphatic carbocycles. The van der Waals surface area contributed by atoms with Crippen molar-refractivity contribution in [2.24, 2.45) is 4.99 Å². The van der Waals surface area contributed by atoms with E-state index in [0.29, 0.717) is 64.4 Å². The molecule has 49 heavy (non-hydrogen) atoms. The van der Waals surface area contributed by atoms with Gasteiger partial charge in [-0.2, -0.15) is 0 Å². The fourth-order valence-electron chi connectivity index (χ4n) is 5.44. The van der Waals surface area contributed by atoms with Gasteiger partial charge in [0.2, 0.25) is 5.90 Å². The van der Waals surface area contributed by atoms with Crippen molar-refractivity contribution in [2.45, 2.75) is 30.9 Å². The first-order chi connectivity index (χ1) is 23.9. The van der Waals surface area contributed by atoms with Crippen LogP contribution in [0.1, 0.15) is 41.2 Å². The van der Waals surface area contributed by atoms with Gasteiger partial charge in [-0.1, -0.05) is 77.8 Å². The van der Waals surface area contributed by atoms with Crippen molar-refractivity contribution in [3.05, 3.63) is 129 Å². The summed E-state index contributed by atoms with van der Waals surface area (Å²) in [4.78, 5) is 19.4. The van der Waals surface area contributed by atoms with Gasteiger partial charge in [0.25, 0.3) is 5.91 Å². The van der Waals surface area contributed by atoms with Crippen molar-refractivity contribution in [2.75, 3.05) is 34.0 Å². The van der Waals surface area contributed by atoms with Gasteiger partial charge in [0, 0.05) is 47.2 Å². The lowest BCUT2D eigenvalue weighted by Crippen LogP contribution is -2.52. The number of nitrogens with zero attached hydrogens (tertiary/aromatic N) is 1. The Morgan fingerprint density at radius 3 is 2.47 bits per heavy atom. The number of halogens is 2. The highest BCUT2D eigenvalue weighted by atomic mass is 35.5. The van der Waals surface area contributed by atoms with Gasteiger partial charge in [-0.3, -0.25) is 10.2 Å². The van der Waals surface area contributed by atoms with Crippen molar-refractivity contribution in [3.8, 4) is 17.2 Å². The number of nitrogens with one attached hydrogen (secondary N) is 2. The van der Waals surface area contributed by atoms with Crippen LogP contribution in [-0.4, -0.2) is 56.4 Å². The van der Waals surface area contributed by atoms with Gasteiger partial charge in [-0.15, -0.1) is 0 Å². The van der Waals surface area contributed by atoms with E-state index in [2.05, 4.69) is 10.9 Å². The van der Waals surface area contributed by atoms with E-state index in [0.717, 1.165) is 11.1 Å². The maximum absolute atomic E-state index is 14.4. The molecule has 9 nitrogen and oxygen atoms in total. The average molecular weight is 705 g/mol. The lowest BCUT2D eigenvalue weighted by Gasteiger charge is -2.30. The van der Waals surface area contributed by atoms with Crippen LogP contribution in [0.2, 0.25) is 10.0 Å². The molecule has 4 aromatic rings. The number of hydrogen-bond acceptors (Lipinski definition) is 8. The summed E-state index contributed by atoms with van der Waals surface area (Å²) in [6.07, 6.45) is 4.31. The minimum absolute atomic E-state index is 0.0470. The summed E-state index contributed by atoms with van der Waals surface area (Å²) in [5, 5.41) is 9.90. The third kappa shape index (κ3) is 8.93. The number of methoxy groups -OCH3 is 2. The molecule has 0 saturated heterocycles. The van der Waals surface area contributed by atoms with Crippen LogP contribution in [0.4, 0.5) is 0 Å². The summed E-state index contributed by atoms with van der Waals surface area (Å²) in [7, 11) is 3.18. The zero-order valence-corrected chi connectivity index (χ0v) is 28.8. The van der Waals surface area contributed by atoms with Crippen molar-refractivity contribution in [3.63, 3.8) is 0 Å². The van der Waals surface area contributed by atoms with E-state index in [1.165, 1.54) is 0 Å². The number of hydrogen-bond donors (Lipinski definition) is 3. The standard InChI is InChI=1S/C38H39Cl2N3O6/c1-46-33-18-11-27(24-34(33)47-2)19-21-41-43-37(45)38(20-6-10-26-8-4-3-5-9-26)35(31-17-14-29(39)25-32(31)40)49-36(42-38)28-12-15-30(16-13-28)48-23-7-22-44/h3-6,8-18,24-25,35,41,44H,7,19-23H2,1-2H3,(H,43,45)/b10-6+/t35-,38-/m0/s1. The Bertz CT molecular complexity index is 1770. The van der Waals surface area contributed by atoms with Gasteiger partial charge in [0.1, 0.15) is 5.75 Å². The lowest BCUT2D eigenvalue weighted by atomic mass is 9.84. The zero-order valence-electron chi connectivity index (χ0n) is 27.3. The molecule has 1 aliphatic rings. The molecular formula is C38H39Cl2N3O6. The second kappa shape index (κ2) is 17.2. The van der Waals surface area contributed by atoms with Crippen LogP contribution in [0.5, 0.6) is 17.2 Å². The second-order valence-electron chi connectivity index (χ2n) is 11.3. The molecule has 0 aromatic heterocycles. The Kier molecular flexibility index (Phi) is 12.6. The van der Waals surface area contributed by atoms with Crippen LogP contribution in [0.3, 0.4) is 0 Å². The molecular weight excluding hydrogens is 665 g/mol. The number of aliphatic imine (C=N–C) groups is 1. The van der Waals surface area contributed by atoms with E-state index in [-0.39, 0.29) is 18.9 Å². The number of rotatable bonds is 16. The van der Waals surface area contributed by atoms with Crippen LogP contribution in [0, 0.1) is 0 Å². The minimum Gasteiger partial charge on any atom is -0.494 e. The molecule has 4 aromatic carbocycles. The van der Waals surface area contributed by atoms with E-state index in [4.69, 9.17) is 52.2 Å². The first-order valence-corrected chi connectivity index (χ1v) is 16.6. The number of aliphatic hydroxyl groups is 1. The number of carbonyl (C=O) groups is 1. The van der Waals surface area contributed by atoms with Crippen LogP contribution >= 0.6 is 23.2 Å². The molecule has 0 fully saturated rings. The van der Waals surface area contributed by atoms with Gasteiger partial charge in [0.05, 0.1) is 20.8 Å². The minimum atomic E-state index is -1.45. The number of hydrazine groups is 1. The Balaban J connectivity index is 1.45. The maximum Gasteiger partial charge on any atom is 0.266 e. The summed E-state index contributed by atoms with van der Waals surface area (Å²) >= 11 is 13.0. The predicted octanol–water partition coefficient (Wildman–Crippen LogP) is 7.00. The van der Waals surface area contributed by atoms with Gasteiger partial charge in [0.15, 0.2) is 23.1 Å². The number of amides is 1. The predicted molar refractivity (Wildman–Crippen MR) is 193 cm³/mol. The van der Waals surface area contributed by atoms with E-state index in [1.807, 2.05) is 72.8 Å². The van der Waals surface area contributed by atoms with Gasteiger partial charge < -0.3 is 24.1 Å². The Hall–Kier alpha value is -4.54. The molecule has 0 bridgehead atoms. The smallest absolute Gasteiger partial charge is 0.266 e. The average Bonchev–Trinajstić information content (AvgIpc) is 3.51. The van der Waals surface area contributed by atoms with E-state index in [9.17, 15) is 4.79 Å². The van der Waals surface area contributed by atoms with Crippen LogP contribution in [0.15, 0.2) is 102 Å². The number of carbonyl (C=O) groups excluding carboxylic acids is 1. The number of ether oxygens (including phenoxy) is 4. The number of benzene rings is 4. The molecule has 0 spiro atoms. The number of aliphatic hydroxyl groups excluding tert-OH is 1. The normalized spacial score (nSPS) is 17.0. The Morgan fingerprint density at radius 2 is 1.76 bits per heavy atom. The summed E-state index contributed by atoms with van der Waals surface area (Å²) in [5.74, 6) is 1.80. The highest BCUT2D eigenvalue weighted by molar-refractivity contribution is 6.35. The molecule has 0 unspecified atom stereocenters. The van der Waals surface area contributed by atoms with E-state index < -0.39 is 17.6 Å². The summed E-state index contributed by atoms with van der Waals surface area (Å²) in [6, 6.07) is 27.9. The quantitative estimate of drug-likeness (QED) is 0.0852. The van der Waals surface area contributed by atoms with E-state index in [1.54, 1.807) is 44.6 Å². The molecule has 0 radical (unpaired) electrons. The van der Waals surface area contributed by atoms with Crippen LogP contribution < -0.4 is 25.1 Å². The third-order valence-corrected chi connectivity index (χ3v) is 8.56. The zero-order chi connectivity index (χ0) is 34.6. The van der Waals surface area contributed by atoms with Crippen molar-refractivity contribution in [1.29, 1.82) is 0 Å². The molecule has 0 saturated carbocycles. The topological polar surface area (TPSA) is 111 Å². The Morgan fingerprint density at radius 1 is 0.980 bits per heavy atom. The Labute approximate surface area is 296 Å². The molecule has 1 aliphatic heterocycles.